The van der Waals surface area contributed by atoms with E-state index in [-0.39, 0.29) is 28.9 Å². The largest absolute Gasteiger partial charge is 1.00 e. The molecule has 0 heterocycles. The van der Waals surface area contributed by atoms with Crippen LogP contribution < -0.4 is 0 Å². The van der Waals surface area contributed by atoms with Crippen LogP contribution in [0.15, 0.2) is 17.7 Å². The smallest absolute Gasteiger partial charge is 0.270 e. The quantitative estimate of drug-likeness (QED) is 0.432. The van der Waals surface area contributed by atoms with Gasteiger partial charge >= 0.3 is 19.5 Å². The minimum absolute atomic E-state index is 0. The van der Waals surface area contributed by atoms with Crippen LogP contribution in [0.2, 0.25) is 0 Å². The van der Waals surface area contributed by atoms with Gasteiger partial charge in [-0.15, -0.1) is 6.42 Å². The fourth-order valence-corrected chi connectivity index (χ4v) is 0.515. The predicted molar refractivity (Wildman–Crippen MR) is 31.2 cm³/mol. The third kappa shape index (κ3) is 5.84. The van der Waals surface area contributed by atoms with E-state index in [4.69, 9.17) is 0 Å². The molecule has 0 aromatic heterocycles. The van der Waals surface area contributed by atoms with E-state index < -0.39 is 0 Å². The van der Waals surface area contributed by atoms with Crippen LogP contribution in [0.5, 0.6) is 0 Å². The molecule has 0 fully saturated rings. The topological polar surface area (TPSA) is 0 Å². The van der Waals surface area contributed by atoms with Crippen molar-refractivity contribution in [1.82, 2.24) is 0 Å². The summed E-state index contributed by atoms with van der Waals surface area (Å²) in [5, 5.41) is 0. The van der Waals surface area contributed by atoms with Crippen molar-refractivity contribution in [3.05, 3.63) is 23.8 Å². The van der Waals surface area contributed by atoms with Crippen molar-refractivity contribution in [1.29, 1.82) is 0 Å². The summed E-state index contributed by atoms with van der Waals surface area (Å²) in [6.45, 7) is 2.06. The van der Waals surface area contributed by atoms with E-state index in [1.54, 1.807) is 0 Å². The Morgan fingerprint density at radius 3 is 2.11 bits per heavy atom. The van der Waals surface area contributed by atoms with E-state index in [0.717, 1.165) is 6.42 Å². The Bertz CT molecular complexity index is 105. The van der Waals surface area contributed by atoms with Crippen molar-refractivity contribution in [2.24, 2.45) is 0 Å². The van der Waals surface area contributed by atoms with Gasteiger partial charge in [0.1, 0.15) is 0 Å². The van der Waals surface area contributed by atoms with Crippen molar-refractivity contribution in [2.45, 2.75) is 13.3 Å². The first-order valence-electron chi connectivity index (χ1n) is 2.13. The Morgan fingerprint density at radius 1 is 1.44 bits per heavy atom. The summed E-state index contributed by atoms with van der Waals surface area (Å²) < 4.78 is 0. The molecular formula is C6H9F2Ru. The van der Waals surface area contributed by atoms with Gasteiger partial charge in [0, 0.05) is 0 Å². The molecule has 9 heavy (non-hydrogen) atoms. The van der Waals surface area contributed by atoms with Gasteiger partial charge in [-0.1, -0.05) is 6.92 Å². The summed E-state index contributed by atoms with van der Waals surface area (Å²) in [6.07, 6.45) is 8.33. The van der Waals surface area contributed by atoms with E-state index in [9.17, 15) is 0 Å². The maximum absolute atomic E-state index is 3.12. The van der Waals surface area contributed by atoms with Gasteiger partial charge in [-0.05, 0) is 0 Å². The SMILES string of the molecule is CC1=[C-]CC=C1.F.F.[Ru+]. The average molecular weight is 220 g/mol. The van der Waals surface area contributed by atoms with Gasteiger partial charge in [-0.2, -0.15) is 6.08 Å². The van der Waals surface area contributed by atoms with E-state index in [1.807, 2.05) is 0 Å². The molecule has 1 aliphatic rings. The zero-order chi connectivity index (χ0) is 4.41. The van der Waals surface area contributed by atoms with Gasteiger partial charge in [-0.3, -0.25) is 15.5 Å². The first-order chi connectivity index (χ1) is 2.89. The molecule has 0 unspecified atom stereocenters. The van der Waals surface area contributed by atoms with Crippen LogP contribution in [-0.4, -0.2) is 0 Å². The van der Waals surface area contributed by atoms with Gasteiger partial charge in [0.2, 0.25) is 0 Å². The van der Waals surface area contributed by atoms with Crippen LogP contribution >= 0.6 is 0 Å². The minimum Gasteiger partial charge on any atom is -0.270 e. The van der Waals surface area contributed by atoms with Gasteiger partial charge in [-0.25, -0.2) is 11.6 Å². The molecule has 0 spiro atoms. The predicted octanol–water partition coefficient (Wildman–Crippen LogP) is 2.00. The average Bonchev–Trinajstić information content (AvgIpc) is 1.86. The molecule has 0 N–H and O–H groups in total. The molecule has 1 rings (SSSR count). The number of halogens is 2. The fraction of sp³-hybridized carbons (Fsp3) is 0.333. The normalized spacial score (nSPS) is 12.3. The number of hydrogen-bond donors (Lipinski definition) is 0. The fourth-order valence-electron chi connectivity index (χ4n) is 0.515. The molecule has 0 aromatic rings. The summed E-state index contributed by atoms with van der Waals surface area (Å²) in [6, 6.07) is 0. The molecule has 0 atom stereocenters. The minimum atomic E-state index is 0. The Hall–Kier alpha value is -0.0366. The molecule has 0 aliphatic heterocycles. The maximum Gasteiger partial charge on any atom is 1.00 e. The summed E-state index contributed by atoms with van der Waals surface area (Å²) in [7, 11) is 0. The second-order valence-electron chi connectivity index (χ2n) is 1.47. The summed E-state index contributed by atoms with van der Waals surface area (Å²) in [5.41, 5.74) is 1.27. The molecule has 0 saturated carbocycles. The zero-order valence-electron chi connectivity index (χ0n) is 5.03. The molecule has 0 aromatic carbocycles. The van der Waals surface area contributed by atoms with Crippen molar-refractivity contribution >= 4 is 0 Å². The van der Waals surface area contributed by atoms with Crippen LogP contribution in [-0.2, 0) is 19.5 Å². The van der Waals surface area contributed by atoms with Gasteiger partial charge in [0.05, 0.1) is 0 Å². The Morgan fingerprint density at radius 2 is 2.00 bits per heavy atom. The second-order valence-corrected chi connectivity index (χ2v) is 1.47. The zero-order valence-corrected chi connectivity index (χ0v) is 6.77. The maximum atomic E-state index is 3.12. The number of rotatable bonds is 0. The number of hydrogen-bond acceptors (Lipinski definition) is 0. The molecular weight excluding hydrogens is 211 g/mol. The van der Waals surface area contributed by atoms with Crippen LogP contribution in [0.4, 0.5) is 9.41 Å². The third-order valence-electron chi connectivity index (χ3n) is 0.867. The van der Waals surface area contributed by atoms with Crippen LogP contribution in [0, 0.1) is 6.08 Å². The summed E-state index contributed by atoms with van der Waals surface area (Å²) in [4.78, 5) is 0. The first-order valence-corrected chi connectivity index (χ1v) is 2.13. The standard InChI is InChI=1S/C6H7.2FH.Ru/c1-6-4-2-3-5-6;;;/h2,4H,3H2,1H3;2*1H;/q-1;;;+1. The van der Waals surface area contributed by atoms with Crippen LogP contribution in [0.3, 0.4) is 0 Å². The van der Waals surface area contributed by atoms with Crippen molar-refractivity contribution < 1.29 is 28.9 Å². The van der Waals surface area contributed by atoms with Crippen molar-refractivity contribution in [3.8, 4) is 0 Å². The molecule has 0 amide bonds. The van der Waals surface area contributed by atoms with Gasteiger partial charge < -0.3 is 0 Å². The molecule has 0 saturated heterocycles. The monoisotopic (exact) mass is 221 g/mol. The van der Waals surface area contributed by atoms with E-state index in [2.05, 4.69) is 25.2 Å². The Balaban J connectivity index is -0.000000120. The van der Waals surface area contributed by atoms with Crippen molar-refractivity contribution in [3.63, 3.8) is 0 Å². The Kier molecular flexibility index (Phi) is 14.1. The molecule has 3 heteroatoms. The molecule has 0 bridgehead atoms. The molecule has 1 aliphatic carbocycles. The third-order valence-corrected chi connectivity index (χ3v) is 0.867. The molecule has 55 valence electrons. The van der Waals surface area contributed by atoms with E-state index >= 15 is 0 Å². The van der Waals surface area contributed by atoms with Crippen molar-refractivity contribution in [2.75, 3.05) is 0 Å². The first kappa shape index (κ1) is 16.0. The second kappa shape index (κ2) is 7.96. The summed E-state index contributed by atoms with van der Waals surface area (Å²) in [5.74, 6) is 0. The van der Waals surface area contributed by atoms with Crippen LogP contribution in [0.1, 0.15) is 13.3 Å². The molecule has 1 radical (unpaired) electrons. The number of allylic oxidation sites excluding steroid dienone is 4. The van der Waals surface area contributed by atoms with E-state index in [0.29, 0.717) is 0 Å². The van der Waals surface area contributed by atoms with Gasteiger partial charge in [0.25, 0.3) is 0 Å². The summed E-state index contributed by atoms with van der Waals surface area (Å²) >= 11 is 0. The molecule has 0 nitrogen and oxygen atoms in total. The van der Waals surface area contributed by atoms with Crippen LogP contribution in [0.25, 0.3) is 0 Å². The van der Waals surface area contributed by atoms with Gasteiger partial charge in [0.15, 0.2) is 0 Å². The Labute approximate surface area is 66.5 Å². The van der Waals surface area contributed by atoms with E-state index in [1.165, 1.54) is 5.57 Å².